The van der Waals surface area contributed by atoms with Gasteiger partial charge in [-0.25, -0.2) is 0 Å². The van der Waals surface area contributed by atoms with E-state index in [-0.39, 0.29) is 25.2 Å². The zero-order valence-corrected chi connectivity index (χ0v) is 25.8. The number of carbonyl (C=O) groups is 2. The van der Waals surface area contributed by atoms with E-state index in [1.165, 1.54) is 89.9 Å². The standard InChI is InChI=1S/C33H64O5/c1-5-29(3)23-19-15-11-9-7-8-10-12-17-21-25-32(35)37-27-31(34)28-38-33(36)26-22-18-14-13-16-20-24-30(4)6-2/h29-31,34H,5-28H2,1-4H3/t29?,30?,31-/m1/s1. The Morgan fingerprint density at radius 2 is 0.816 bits per heavy atom. The number of carbonyl (C=O) groups excluding carboxylic acids is 2. The molecule has 0 aliphatic rings. The molecule has 0 aromatic heterocycles. The zero-order valence-electron chi connectivity index (χ0n) is 25.8. The van der Waals surface area contributed by atoms with Crippen LogP contribution in [-0.2, 0) is 19.1 Å². The normalized spacial score (nSPS) is 13.7. The van der Waals surface area contributed by atoms with Crippen LogP contribution in [0.3, 0.4) is 0 Å². The van der Waals surface area contributed by atoms with Gasteiger partial charge in [0.25, 0.3) is 0 Å². The highest BCUT2D eigenvalue weighted by molar-refractivity contribution is 5.69. The molecule has 0 saturated heterocycles. The number of hydrogen-bond acceptors (Lipinski definition) is 5. The van der Waals surface area contributed by atoms with Crippen molar-refractivity contribution in [1.29, 1.82) is 0 Å². The second kappa shape index (κ2) is 27.5. The summed E-state index contributed by atoms with van der Waals surface area (Å²) in [6, 6.07) is 0. The van der Waals surface area contributed by atoms with Gasteiger partial charge in [-0.05, 0) is 24.7 Å². The average Bonchev–Trinajstić information content (AvgIpc) is 2.92. The highest BCUT2D eigenvalue weighted by atomic mass is 16.6. The minimum absolute atomic E-state index is 0.111. The van der Waals surface area contributed by atoms with Crippen molar-refractivity contribution in [3.05, 3.63) is 0 Å². The molecule has 38 heavy (non-hydrogen) atoms. The van der Waals surface area contributed by atoms with E-state index in [9.17, 15) is 14.7 Å². The lowest BCUT2D eigenvalue weighted by molar-refractivity contribution is -0.152. The number of unbranched alkanes of at least 4 members (excludes halogenated alkanes) is 14. The van der Waals surface area contributed by atoms with Gasteiger partial charge >= 0.3 is 11.9 Å². The van der Waals surface area contributed by atoms with Crippen LogP contribution < -0.4 is 0 Å². The molecule has 0 amide bonds. The molecule has 226 valence electrons. The van der Waals surface area contributed by atoms with Gasteiger partial charge in [0.2, 0.25) is 0 Å². The average molecular weight is 541 g/mol. The topological polar surface area (TPSA) is 72.8 Å². The summed E-state index contributed by atoms with van der Waals surface area (Å²) in [6.07, 6.45) is 24.3. The molecule has 0 aliphatic heterocycles. The van der Waals surface area contributed by atoms with Crippen LogP contribution >= 0.6 is 0 Å². The van der Waals surface area contributed by atoms with Crippen molar-refractivity contribution in [1.82, 2.24) is 0 Å². The van der Waals surface area contributed by atoms with Crippen LogP contribution in [0.5, 0.6) is 0 Å². The lowest BCUT2D eigenvalue weighted by Crippen LogP contribution is -2.25. The summed E-state index contributed by atoms with van der Waals surface area (Å²) in [5.41, 5.74) is 0. The van der Waals surface area contributed by atoms with Crippen molar-refractivity contribution in [3.63, 3.8) is 0 Å². The molecular weight excluding hydrogens is 476 g/mol. The van der Waals surface area contributed by atoms with E-state index < -0.39 is 6.10 Å². The maximum absolute atomic E-state index is 11.9. The largest absolute Gasteiger partial charge is 0.463 e. The molecule has 0 heterocycles. The van der Waals surface area contributed by atoms with Gasteiger partial charge in [0.15, 0.2) is 0 Å². The maximum atomic E-state index is 11.9. The molecule has 2 unspecified atom stereocenters. The first-order chi connectivity index (χ1) is 18.4. The summed E-state index contributed by atoms with van der Waals surface area (Å²) in [4.78, 5) is 23.7. The second-order valence-electron chi connectivity index (χ2n) is 11.8. The first-order valence-corrected chi connectivity index (χ1v) is 16.4. The van der Waals surface area contributed by atoms with Crippen molar-refractivity contribution in [2.45, 2.75) is 175 Å². The monoisotopic (exact) mass is 540 g/mol. The molecule has 3 atom stereocenters. The third-order valence-corrected chi connectivity index (χ3v) is 7.92. The summed E-state index contributed by atoms with van der Waals surface area (Å²) in [6.45, 7) is 8.96. The molecule has 0 aliphatic carbocycles. The summed E-state index contributed by atoms with van der Waals surface area (Å²) < 4.78 is 10.3. The smallest absolute Gasteiger partial charge is 0.305 e. The molecule has 5 nitrogen and oxygen atoms in total. The van der Waals surface area contributed by atoms with E-state index in [0.717, 1.165) is 50.4 Å². The third kappa shape index (κ3) is 26.5. The van der Waals surface area contributed by atoms with Crippen LogP contribution in [0.25, 0.3) is 0 Å². The fourth-order valence-electron chi connectivity index (χ4n) is 4.62. The van der Waals surface area contributed by atoms with Gasteiger partial charge < -0.3 is 14.6 Å². The van der Waals surface area contributed by atoms with Gasteiger partial charge in [-0.3, -0.25) is 9.59 Å². The Hall–Kier alpha value is -1.10. The van der Waals surface area contributed by atoms with Crippen LogP contribution in [0.1, 0.15) is 169 Å². The van der Waals surface area contributed by atoms with Crippen LogP contribution in [0.4, 0.5) is 0 Å². The predicted octanol–water partition coefficient (Wildman–Crippen LogP) is 9.33. The summed E-state index contributed by atoms with van der Waals surface area (Å²) in [5, 5.41) is 9.94. The molecule has 1 N–H and O–H groups in total. The number of aliphatic hydroxyl groups excluding tert-OH is 1. The molecule has 0 saturated carbocycles. The molecule has 5 heteroatoms. The summed E-state index contributed by atoms with van der Waals surface area (Å²) in [7, 11) is 0. The van der Waals surface area contributed by atoms with Crippen molar-refractivity contribution in [2.24, 2.45) is 11.8 Å². The van der Waals surface area contributed by atoms with E-state index in [1.807, 2.05) is 0 Å². The molecular formula is C33H64O5. The first-order valence-electron chi connectivity index (χ1n) is 16.4. The van der Waals surface area contributed by atoms with E-state index in [4.69, 9.17) is 9.47 Å². The second-order valence-corrected chi connectivity index (χ2v) is 11.8. The zero-order chi connectivity index (χ0) is 28.3. The fourth-order valence-corrected chi connectivity index (χ4v) is 4.62. The Morgan fingerprint density at radius 1 is 0.526 bits per heavy atom. The Kier molecular flexibility index (Phi) is 26.7. The van der Waals surface area contributed by atoms with E-state index in [2.05, 4.69) is 27.7 Å². The molecule has 0 aromatic rings. The lowest BCUT2D eigenvalue weighted by atomic mass is 9.99. The minimum Gasteiger partial charge on any atom is -0.463 e. The SMILES string of the molecule is CCC(C)CCCCCCCCCCCCC(=O)OC[C@@H](O)COC(=O)CCCCCCCCC(C)CC. The Morgan fingerprint density at radius 3 is 1.13 bits per heavy atom. The highest BCUT2D eigenvalue weighted by Gasteiger charge is 2.12. The third-order valence-electron chi connectivity index (χ3n) is 7.92. The van der Waals surface area contributed by atoms with Gasteiger partial charge in [0, 0.05) is 12.8 Å². The lowest BCUT2D eigenvalue weighted by Gasteiger charge is -2.12. The van der Waals surface area contributed by atoms with E-state index in [0.29, 0.717) is 12.8 Å². The van der Waals surface area contributed by atoms with Crippen molar-refractivity contribution < 1.29 is 24.2 Å². The number of rotatable bonds is 28. The number of aliphatic hydroxyl groups is 1. The van der Waals surface area contributed by atoms with Crippen molar-refractivity contribution >= 4 is 11.9 Å². The number of hydrogen-bond donors (Lipinski definition) is 1. The molecule has 0 fully saturated rings. The van der Waals surface area contributed by atoms with E-state index in [1.54, 1.807) is 0 Å². The highest BCUT2D eigenvalue weighted by Crippen LogP contribution is 2.16. The van der Waals surface area contributed by atoms with Crippen LogP contribution in [0.15, 0.2) is 0 Å². The van der Waals surface area contributed by atoms with Gasteiger partial charge in [0.1, 0.15) is 19.3 Å². The molecule has 0 rings (SSSR count). The molecule has 0 radical (unpaired) electrons. The quantitative estimate of drug-likeness (QED) is 0.0790. The minimum atomic E-state index is -0.955. The maximum Gasteiger partial charge on any atom is 0.305 e. The Labute approximate surface area is 236 Å². The first kappa shape index (κ1) is 36.9. The predicted molar refractivity (Wildman–Crippen MR) is 159 cm³/mol. The van der Waals surface area contributed by atoms with Crippen LogP contribution in [0.2, 0.25) is 0 Å². The van der Waals surface area contributed by atoms with Crippen molar-refractivity contribution in [3.8, 4) is 0 Å². The fraction of sp³-hybridized carbons (Fsp3) is 0.939. The molecule has 0 spiro atoms. The molecule has 0 bridgehead atoms. The Balaban J connectivity index is 3.45. The van der Waals surface area contributed by atoms with Gasteiger partial charge in [-0.2, -0.15) is 0 Å². The molecule has 0 aromatic carbocycles. The van der Waals surface area contributed by atoms with Crippen molar-refractivity contribution in [2.75, 3.05) is 13.2 Å². The van der Waals surface area contributed by atoms with Crippen LogP contribution in [0, 0.1) is 11.8 Å². The van der Waals surface area contributed by atoms with Gasteiger partial charge in [-0.15, -0.1) is 0 Å². The number of ether oxygens (including phenoxy) is 2. The number of esters is 2. The Bertz CT molecular complexity index is 535. The van der Waals surface area contributed by atoms with Gasteiger partial charge in [0.05, 0.1) is 0 Å². The van der Waals surface area contributed by atoms with Gasteiger partial charge in [-0.1, -0.05) is 143 Å². The van der Waals surface area contributed by atoms with E-state index >= 15 is 0 Å². The van der Waals surface area contributed by atoms with Crippen LogP contribution in [-0.4, -0.2) is 36.4 Å². The summed E-state index contributed by atoms with van der Waals surface area (Å²) >= 11 is 0. The summed E-state index contributed by atoms with van der Waals surface area (Å²) in [5.74, 6) is 1.15.